The summed E-state index contributed by atoms with van der Waals surface area (Å²) in [6.45, 7) is 3.32. The standard InChI is InChI=1S/C25H28O12/c1-11-16(27)8-14-15(23(32)33)9-35-24(19(11)14)37-25-22(31)21(30)20(29)17(36-25)10-34-18(28)7-4-12-2-5-13(26)6-3-12/h2-7,9,14,16-17,19-22,24-27,29-31H,1,8,10H2,(H,32,33)/t14-,16+,17+,19+,20+,21-,22+,24-,25+/m0/s1. The van der Waals surface area contributed by atoms with Gasteiger partial charge in [0.05, 0.1) is 23.9 Å². The maximum atomic E-state index is 12.1. The van der Waals surface area contributed by atoms with Crippen LogP contribution >= 0.6 is 0 Å². The van der Waals surface area contributed by atoms with Gasteiger partial charge >= 0.3 is 11.9 Å². The Hall–Kier alpha value is -3.26. The Labute approximate surface area is 211 Å². The minimum absolute atomic E-state index is 0.0618. The van der Waals surface area contributed by atoms with Crippen molar-refractivity contribution < 1.29 is 59.2 Å². The Morgan fingerprint density at radius 2 is 1.76 bits per heavy atom. The Morgan fingerprint density at radius 3 is 2.43 bits per heavy atom. The number of hydrogen-bond donors (Lipinski definition) is 6. The molecule has 0 spiro atoms. The molecule has 2 aliphatic heterocycles. The van der Waals surface area contributed by atoms with Crippen molar-refractivity contribution in [3.8, 4) is 5.75 Å². The van der Waals surface area contributed by atoms with E-state index in [1.807, 2.05) is 0 Å². The van der Waals surface area contributed by atoms with Gasteiger partial charge in [-0.25, -0.2) is 9.59 Å². The third-order valence-electron chi connectivity index (χ3n) is 6.67. The van der Waals surface area contributed by atoms with Gasteiger partial charge in [-0.3, -0.25) is 0 Å². The van der Waals surface area contributed by atoms with Crippen LogP contribution in [0.15, 0.2) is 54.3 Å². The molecule has 1 aliphatic carbocycles. The van der Waals surface area contributed by atoms with Crippen molar-refractivity contribution in [2.45, 2.75) is 49.5 Å². The molecule has 9 atom stereocenters. The van der Waals surface area contributed by atoms with E-state index in [1.165, 1.54) is 18.2 Å². The van der Waals surface area contributed by atoms with Crippen molar-refractivity contribution in [1.29, 1.82) is 0 Å². The molecule has 3 aliphatic rings. The lowest BCUT2D eigenvalue weighted by Crippen LogP contribution is -2.60. The molecule has 2 heterocycles. The number of phenolic OH excluding ortho intramolecular Hbond substituents is 1. The first kappa shape index (κ1) is 26.8. The monoisotopic (exact) mass is 520 g/mol. The maximum Gasteiger partial charge on any atom is 0.334 e. The molecule has 1 saturated carbocycles. The zero-order valence-corrected chi connectivity index (χ0v) is 19.5. The van der Waals surface area contributed by atoms with Crippen LogP contribution in [0.1, 0.15) is 12.0 Å². The van der Waals surface area contributed by atoms with Crippen LogP contribution in [0.2, 0.25) is 0 Å². The van der Waals surface area contributed by atoms with Gasteiger partial charge in [-0.2, -0.15) is 0 Å². The third kappa shape index (κ3) is 5.69. The fourth-order valence-electron chi connectivity index (χ4n) is 4.60. The highest BCUT2D eigenvalue weighted by atomic mass is 16.8. The molecule has 0 aromatic heterocycles. The van der Waals surface area contributed by atoms with Gasteiger partial charge in [0.25, 0.3) is 0 Å². The number of aliphatic carboxylic acids is 1. The number of phenols is 1. The van der Waals surface area contributed by atoms with Crippen LogP contribution in [-0.4, -0.2) is 92.3 Å². The van der Waals surface area contributed by atoms with Crippen molar-refractivity contribution >= 4 is 18.0 Å². The molecule has 0 unspecified atom stereocenters. The molecule has 12 heteroatoms. The van der Waals surface area contributed by atoms with Crippen molar-refractivity contribution in [3.05, 3.63) is 59.9 Å². The molecular weight excluding hydrogens is 492 g/mol. The Balaban J connectivity index is 1.40. The quantitative estimate of drug-likeness (QED) is 0.156. The number of carboxylic acid groups (broad SMARTS) is 1. The zero-order valence-electron chi connectivity index (χ0n) is 19.5. The van der Waals surface area contributed by atoms with E-state index in [2.05, 4.69) is 6.58 Å². The van der Waals surface area contributed by atoms with E-state index in [4.69, 9.17) is 18.9 Å². The number of fused-ring (bicyclic) bond motifs is 1. The van der Waals surface area contributed by atoms with E-state index in [1.54, 1.807) is 12.1 Å². The molecule has 12 nitrogen and oxygen atoms in total. The topological polar surface area (TPSA) is 192 Å². The number of carbonyl (C=O) groups excluding carboxylic acids is 1. The summed E-state index contributed by atoms with van der Waals surface area (Å²) in [5.41, 5.74) is 0.854. The summed E-state index contributed by atoms with van der Waals surface area (Å²) in [5.74, 6) is -3.35. The van der Waals surface area contributed by atoms with Crippen LogP contribution in [0, 0.1) is 11.8 Å². The third-order valence-corrected chi connectivity index (χ3v) is 6.67. The zero-order chi connectivity index (χ0) is 26.9. The molecule has 1 saturated heterocycles. The summed E-state index contributed by atoms with van der Waals surface area (Å²) in [6, 6.07) is 6.05. The Bertz CT molecular complexity index is 1080. The van der Waals surface area contributed by atoms with Gasteiger partial charge in [0.15, 0.2) is 6.29 Å². The molecule has 0 radical (unpaired) electrons. The summed E-state index contributed by atoms with van der Waals surface area (Å²) in [4.78, 5) is 23.7. The van der Waals surface area contributed by atoms with E-state index >= 15 is 0 Å². The molecule has 2 fully saturated rings. The van der Waals surface area contributed by atoms with Crippen molar-refractivity contribution in [2.75, 3.05) is 6.61 Å². The van der Waals surface area contributed by atoms with Crippen LogP contribution in [0.3, 0.4) is 0 Å². The summed E-state index contributed by atoms with van der Waals surface area (Å²) in [6.07, 6.45) is -6.43. The number of carboxylic acids is 1. The molecular formula is C25H28O12. The largest absolute Gasteiger partial charge is 0.508 e. The van der Waals surface area contributed by atoms with Gasteiger partial charge in [0, 0.05) is 12.0 Å². The van der Waals surface area contributed by atoms with Gasteiger partial charge in [-0.1, -0.05) is 18.7 Å². The highest BCUT2D eigenvalue weighted by Crippen LogP contribution is 2.46. The fourth-order valence-corrected chi connectivity index (χ4v) is 4.60. The van der Waals surface area contributed by atoms with Gasteiger partial charge in [-0.05, 0) is 35.8 Å². The normalized spacial score (nSPS) is 35.5. The molecule has 0 amide bonds. The van der Waals surface area contributed by atoms with Crippen LogP contribution in [0.25, 0.3) is 6.08 Å². The number of hydrogen-bond acceptors (Lipinski definition) is 11. The van der Waals surface area contributed by atoms with E-state index in [0.717, 1.165) is 12.3 Å². The minimum atomic E-state index is -1.73. The van der Waals surface area contributed by atoms with Crippen molar-refractivity contribution in [1.82, 2.24) is 0 Å². The molecule has 0 bridgehead atoms. The molecule has 1 aromatic carbocycles. The number of aromatic hydroxyl groups is 1. The van der Waals surface area contributed by atoms with E-state index in [9.17, 15) is 40.2 Å². The lowest BCUT2D eigenvalue weighted by atomic mass is 9.85. The van der Waals surface area contributed by atoms with Gasteiger partial charge < -0.3 is 49.6 Å². The smallest absolute Gasteiger partial charge is 0.334 e. The second-order valence-electron chi connectivity index (χ2n) is 9.05. The highest BCUT2D eigenvalue weighted by molar-refractivity contribution is 5.87. The number of carbonyl (C=O) groups is 2. The molecule has 1 aromatic rings. The highest BCUT2D eigenvalue weighted by Gasteiger charge is 2.52. The maximum absolute atomic E-state index is 12.1. The first-order valence-electron chi connectivity index (χ1n) is 11.5. The average Bonchev–Trinajstić information content (AvgIpc) is 3.17. The summed E-state index contributed by atoms with van der Waals surface area (Å²) in [5, 5.41) is 60.1. The van der Waals surface area contributed by atoms with E-state index in [0.29, 0.717) is 11.1 Å². The van der Waals surface area contributed by atoms with Crippen molar-refractivity contribution in [3.63, 3.8) is 0 Å². The second kappa shape index (κ2) is 11.0. The van der Waals surface area contributed by atoms with Gasteiger partial charge in [0.2, 0.25) is 6.29 Å². The Kier molecular flexibility index (Phi) is 7.97. The van der Waals surface area contributed by atoms with Crippen LogP contribution in [0.5, 0.6) is 5.75 Å². The van der Waals surface area contributed by atoms with E-state index < -0.39 is 73.5 Å². The van der Waals surface area contributed by atoms with Crippen molar-refractivity contribution in [2.24, 2.45) is 11.8 Å². The summed E-state index contributed by atoms with van der Waals surface area (Å²) < 4.78 is 21.8. The molecule has 200 valence electrons. The number of esters is 1. The van der Waals surface area contributed by atoms with Gasteiger partial charge in [-0.15, -0.1) is 0 Å². The van der Waals surface area contributed by atoms with Crippen LogP contribution < -0.4 is 0 Å². The molecule has 6 N–H and O–H groups in total. The Morgan fingerprint density at radius 1 is 1.05 bits per heavy atom. The predicted molar refractivity (Wildman–Crippen MR) is 123 cm³/mol. The van der Waals surface area contributed by atoms with Crippen LogP contribution in [0.4, 0.5) is 0 Å². The number of aliphatic hydroxyl groups is 4. The first-order valence-corrected chi connectivity index (χ1v) is 11.5. The molecule has 37 heavy (non-hydrogen) atoms. The lowest BCUT2D eigenvalue weighted by molar-refractivity contribution is -0.339. The van der Waals surface area contributed by atoms with Crippen LogP contribution in [-0.2, 0) is 28.5 Å². The SMILES string of the molecule is C=C1[C@H]2[C@H](O[C@H]3O[C@H](COC(=O)C=Cc4ccc(O)cc4)[C@@H](O)[C@H](O)[C@H]3O)OC=C(C(=O)O)[C@@H]2C[C@H]1O. The lowest BCUT2D eigenvalue weighted by Gasteiger charge is -2.42. The van der Waals surface area contributed by atoms with Gasteiger partial charge in [0.1, 0.15) is 36.8 Å². The summed E-state index contributed by atoms with van der Waals surface area (Å²) >= 11 is 0. The first-order chi connectivity index (χ1) is 17.6. The number of aliphatic hydroxyl groups excluding tert-OH is 4. The molecule has 4 rings (SSSR count). The van der Waals surface area contributed by atoms with E-state index in [-0.39, 0.29) is 17.7 Å². The fraction of sp³-hybridized carbons (Fsp3) is 0.440. The second-order valence-corrected chi connectivity index (χ2v) is 9.05. The minimum Gasteiger partial charge on any atom is -0.508 e. The number of ether oxygens (including phenoxy) is 4. The average molecular weight is 520 g/mol. The number of rotatable bonds is 7. The summed E-state index contributed by atoms with van der Waals surface area (Å²) in [7, 11) is 0. The predicted octanol–water partition coefficient (Wildman–Crippen LogP) is -0.349. The number of benzene rings is 1.